The quantitative estimate of drug-likeness (QED) is 0.192. The first kappa shape index (κ1) is 33.5. The van der Waals surface area contributed by atoms with E-state index in [2.05, 4.69) is 168 Å². The summed E-state index contributed by atoms with van der Waals surface area (Å²) in [5.74, 6) is 0.836. The van der Waals surface area contributed by atoms with Crippen LogP contribution in [0, 0.1) is 0 Å². The van der Waals surface area contributed by atoms with E-state index in [0.29, 0.717) is 11.4 Å². The highest BCUT2D eigenvalue weighted by atomic mass is 16.3. The maximum absolute atomic E-state index is 11.4. The Hall–Kier alpha value is -7.82. The molecule has 0 aliphatic heterocycles. The van der Waals surface area contributed by atoms with Crippen molar-refractivity contribution in [2.45, 2.75) is 0 Å². The summed E-state index contributed by atoms with van der Waals surface area (Å²) >= 11 is 0. The lowest BCUT2D eigenvalue weighted by atomic mass is 9.97. The third kappa shape index (κ3) is 5.62. The summed E-state index contributed by atoms with van der Waals surface area (Å²) in [7, 11) is 0. The van der Waals surface area contributed by atoms with E-state index in [1.807, 2.05) is 36.5 Å². The van der Waals surface area contributed by atoms with E-state index in [1.54, 1.807) is 6.07 Å². The van der Waals surface area contributed by atoms with Crippen molar-refractivity contribution in [3.8, 4) is 28.4 Å². The van der Waals surface area contributed by atoms with Crippen molar-refractivity contribution in [2.24, 2.45) is 0 Å². The number of fused-ring (bicyclic) bond motifs is 2. The number of rotatable bonds is 2. The number of aromatic nitrogens is 3. The molecule has 0 unspecified atom stereocenters. The fourth-order valence-corrected chi connectivity index (χ4v) is 8.59. The Morgan fingerprint density at radius 2 is 0.914 bits per heavy atom. The molecule has 0 amide bonds. The number of hydrogen-bond donors (Lipinski definition) is 1. The minimum absolute atomic E-state index is 0.173. The Morgan fingerprint density at radius 3 is 1.64 bits per heavy atom. The molecule has 4 heterocycles. The molecule has 8 aromatic carbocycles. The standard InChI is InChI=1S/C54H35N3O/c58-52-27-6-4-22-47(52)54-56-53-44-23-12-26-51(53)57(54)50-25-5-3-20-43(50)40-18-11-16-38(33-40)36-14-9-13-35(31-36)37-15-10-17-39(32-37)42-19-1-2-21-45(42)46-29-28-41(44)34-48(46)49-24-7-8-30-55-49/h1-34,58H. The number of para-hydroxylation sites is 3. The number of imidazole rings is 1. The SMILES string of the molecule is Oc1ccccc1-c1nc2c3cccc2n1c1ccccc1c1cccc(c1)c1cccc(c1)c1cccc(c1)c1ccccc1c1ccc3cc1-c1ccccn1. The van der Waals surface area contributed by atoms with Crippen molar-refractivity contribution in [1.29, 1.82) is 0 Å². The zero-order valence-corrected chi connectivity index (χ0v) is 31.4. The zero-order valence-electron chi connectivity index (χ0n) is 31.4. The highest BCUT2D eigenvalue weighted by Gasteiger charge is 2.17. The second kappa shape index (κ2) is 13.7. The second-order valence-electron chi connectivity index (χ2n) is 14.7. The highest BCUT2D eigenvalue weighted by molar-refractivity contribution is 6.13. The van der Waals surface area contributed by atoms with E-state index in [-0.39, 0.29) is 5.75 Å². The van der Waals surface area contributed by atoms with Gasteiger partial charge in [0.1, 0.15) is 11.6 Å². The molecule has 0 spiro atoms. The summed E-state index contributed by atoms with van der Waals surface area (Å²) in [4.78, 5) is 10.3. The maximum atomic E-state index is 11.4. The van der Waals surface area contributed by atoms with Gasteiger partial charge in [0.2, 0.25) is 0 Å². The van der Waals surface area contributed by atoms with Crippen LogP contribution in [-0.2, 0) is 0 Å². The third-order valence-electron chi connectivity index (χ3n) is 11.3. The molecule has 0 saturated carbocycles. The predicted octanol–water partition coefficient (Wildman–Crippen LogP) is 14.1. The van der Waals surface area contributed by atoms with Gasteiger partial charge in [-0.3, -0.25) is 9.38 Å². The van der Waals surface area contributed by atoms with Crippen molar-refractivity contribution in [3.63, 3.8) is 0 Å². The fourth-order valence-electron chi connectivity index (χ4n) is 8.59. The van der Waals surface area contributed by atoms with Gasteiger partial charge in [0.25, 0.3) is 0 Å². The fraction of sp³-hybridized carbons (Fsp3) is 0. The van der Waals surface area contributed by atoms with Crippen LogP contribution in [0.5, 0.6) is 5.75 Å². The summed E-state index contributed by atoms with van der Waals surface area (Å²) in [6, 6.07) is 70.2. The first-order valence-electron chi connectivity index (χ1n) is 19.5. The number of hydrogen-bond acceptors (Lipinski definition) is 3. The Kier molecular flexibility index (Phi) is 7.93. The average molecular weight is 742 g/mol. The summed E-state index contributed by atoms with van der Waals surface area (Å²) in [5.41, 5.74) is 5.32. The Labute approximate surface area is 334 Å². The largest absolute Gasteiger partial charge is 0.507 e. The van der Waals surface area contributed by atoms with Gasteiger partial charge in [0.15, 0.2) is 0 Å². The minimum atomic E-state index is 0.173. The van der Waals surface area contributed by atoms with Gasteiger partial charge in [0, 0.05) is 22.5 Å². The number of aromatic hydroxyl groups is 1. The number of phenols is 1. The molecule has 0 saturated heterocycles. The molecule has 4 aromatic heterocycles. The monoisotopic (exact) mass is 741 g/mol. The average Bonchev–Trinajstić information content (AvgIpc) is 3.69. The lowest BCUT2D eigenvalue weighted by molar-refractivity contribution is 0.477. The molecule has 0 fully saturated rings. The molecule has 272 valence electrons. The van der Waals surface area contributed by atoms with Crippen molar-refractivity contribution in [1.82, 2.24) is 14.4 Å². The predicted molar refractivity (Wildman–Crippen MR) is 243 cm³/mol. The molecule has 0 atom stereocenters. The molecule has 12 rings (SSSR count). The number of pyridine rings is 1. The smallest absolute Gasteiger partial charge is 0.149 e. The summed E-state index contributed by atoms with van der Waals surface area (Å²) in [6.07, 6.45) is 1.86. The van der Waals surface area contributed by atoms with Crippen molar-refractivity contribution in [2.75, 3.05) is 0 Å². The number of benzene rings is 8. The van der Waals surface area contributed by atoms with E-state index in [9.17, 15) is 5.11 Å². The molecule has 0 aliphatic rings. The van der Waals surface area contributed by atoms with Crippen LogP contribution in [0.2, 0.25) is 0 Å². The van der Waals surface area contributed by atoms with Gasteiger partial charge in [-0.25, -0.2) is 4.98 Å². The number of nitrogens with zero attached hydrogens (tertiary/aromatic N) is 3. The maximum Gasteiger partial charge on any atom is 0.149 e. The van der Waals surface area contributed by atoms with Gasteiger partial charge in [-0.15, -0.1) is 0 Å². The van der Waals surface area contributed by atoms with E-state index in [0.717, 1.165) is 92.4 Å². The van der Waals surface area contributed by atoms with Crippen molar-refractivity contribution in [3.05, 3.63) is 206 Å². The van der Waals surface area contributed by atoms with Crippen LogP contribution in [0.1, 0.15) is 0 Å². The molecule has 1 N–H and O–H groups in total. The van der Waals surface area contributed by atoms with E-state index < -0.39 is 0 Å². The van der Waals surface area contributed by atoms with Gasteiger partial charge >= 0.3 is 0 Å². The van der Waals surface area contributed by atoms with Crippen molar-refractivity contribution >= 4 is 81.2 Å². The highest BCUT2D eigenvalue weighted by Crippen LogP contribution is 2.37. The molecule has 12 aromatic rings. The Bertz CT molecular complexity index is 3590. The lowest BCUT2D eigenvalue weighted by Crippen LogP contribution is -1.91. The minimum Gasteiger partial charge on any atom is -0.507 e. The summed E-state index contributed by atoms with van der Waals surface area (Å²) in [6.45, 7) is 0. The summed E-state index contributed by atoms with van der Waals surface area (Å²) < 4.78 is 2.20. The van der Waals surface area contributed by atoms with E-state index in [4.69, 9.17) is 9.97 Å². The van der Waals surface area contributed by atoms with Crippen LogP contribution in [0.15, 0.2) is 206 Å². The van der Waals surface area contributed by atoms with Crippen LogP contribution < -0.4 is 0 Å². The zero-order chi connectivity index (χ0) is 38.6. The topological polar surface area (TPSA) is 50.4 Å². The third-order valence-corrected chi connectivity index (χ3v) is 11.3. The normalized spacial score (nSPS) is 11.5. The van der Waals surface area contributed by atoms with Gasteiger partial charge in [-0.1, -0.05) is 140 Å². The first-order chi connectivity index (χ1) is 28.7. The van der Waals surface area contributed by atoms with Crippen molar-refractivity contribution < 1.29 is 5.11 Å². The molecule has 0 aliphatic carbocycles. The Balaban J connectivity index is 1.41. The van der Waals surface area contributed by atoms with Gasteiger partial charge in [-0.2, -0.15) is 0 Å². The molecule has 0 radical (unpaired) electrons. The molecule has 58 heavy (non-hydrogen) atoms. The second-order valence-corrected chi connectivity index (χ2v) is 14.7. The number of phenolic OH excluding ortho intramolecular Hbond substituents is 1. The van der Waals surface area contributed by atoms with Crippen LogP contribution in [0.3, 0.4) is 0 Å². The molecule has 12 bridgehead atoms. The molecular formula is C54H35N3O. The lowest BCUT2D eigenvalue weighted by Gasteiger charge is -2.08. The van der Waals surface area contributed by atoms with Gasteiger partial charge < -0.3 is 5.11 Å². The van der Waals surface area contributed by atoms with Crippen LogP contribution >= 0.6 is 0 Å². The first-order valence-corrected chi connectivity index (χ1v) is 19.5. The molecular weight excluding hydrogens is 707 g/mol. The summed E-state index contributed by atoms with van der Waals surface area (Å²) in [5, 5.41) is 24.6. The van der Waals surface area contributed by atoms with Crippen LogP contribution in [-0.4, -0.2) is 19.5 Å². The van der Waals surface area contributed by atoms with Crippen LogP contribution in [0.25, 0.3) is 104 Å². The van der Waals surface area contributed by atoms with Crippen LogP contribution in [0.4, 0.5) is 0 Å². The van der Waals surface area contributed by atoms with Gasteiger partial charge in [0.05, 0.1) is 27.8 Å². The Morgan fingerprint density at radius 1 is 0.362 bits per heavy atom. The molecule has 4 heteroatoms. The van der Waals surface area contributed by atoms with E-state index in [1.165, 1.54) is 0 Å². The molecule has 4 nitrogen and oxygen atoms in total. The van der Waals surface area contributed by atoms with Gasteiger partial charge in [-0.05, 0) is 115 Å². The van der Waals surface area contributed by atoms with E-state index >= 15 is 0 Å².